The molecule has 9 nitrogen and oxygen atoms in total. The van der Waals surface area contributed by atoms with Crippen LogP contribution in [-0.4, -0.2) is 20.6 Å². The molecule has 2 aromatic heterocycles. The Kier molecular flexibility index (Phi) is 5.34. The van der Waals surface area contributed by atoms with Crippen molar-refractivity contribution in [2.24, 2.45) is 0 Å². The molecule has 0 bridgehead atoms. The van der Waals surface area contributed by atoms with E-state index >= 15 is 0 Å². The fraction of sp³-hybridized carbons (Fsp3) is 0.105. The number of nitrogens with one attached hydrogen (secondary N) is 1. The molecule has 0 fully saturated rings. The number of carbonyl (C=O) groups is 1. The highest BCUT2D eigenvalue weighted by molar-refractivity contribution is 7.17. The average Bonchev–Trinajstić information content (AvgIpc) is 3.29. The number of aromatic nitrogens is 2. The number of hydrogen-bond donors (Lipinski definition) is 1. The quantitative estimate of drug-likeness (QED) is 0.358. The first kappa shape index (κ1) is 19.8. The van der Waals surface area contributed by atoms with Crippen molar-refractivity contribution in [2.75, 3.05) is 0 Å². The highest BCUT2D eigenvalue weighted by atomic mass is 35.5. The molecule has 0 saturated heterocycles. The maximum absolute atomic E-state index is 12.3. The van der Waals surface area contributed by atoms with E-state index < -0.39 is 16.6 Å². The number of thiophene rings is 1. The third-order valence-electron chi connectivity index (χ3n) is 4.33. The Hall–Kier alpha value is -3.50. The standard InChI is InChI=1S/C19H13ClN4O5S/c20-15-7-12(24(27)28)5-6-14(15)18-22-23(19(26)29-18)9-17(25)21-8-11-10-30-16-4-2-1-3-13(11)16/h1-7,10H,8-9H2,(H,21,25). The number of amides is 1. The number of nitrogens with zero attached hydrogens (tertiary/aromatic N) is 3. The van der Waals surface area contributed by atoms with Crippen LogP contribution >= 0.6 is 22.9 Å². The van der Waals surface area contributed by atoms with Gasteiger partial charge in [0.05, 0.1) is 15.5 Å². The summed E-state index contributed by atoms with van der Waals surface area (Å²) in [6, 6.07) is 11.6. The van der Waals surface area contributed by atoms with E-state index in [4.69, 9.17) is 16.0 Å². The second-order valence-corrected chi connectivity index (χ2v) is 7.60. The van der Waals surface area contributed by atoms with Crippen LogP contribution in [0.15, 0.2) is 57.1 Å². The number of carbonyl (C=O) groups excluding carboxylic acids is 1. The van der Waals surface area contributed by atoms with Crippen LogP contribution in [0.25, 0.3) is 21.5 Å². The fourth-order valence-electron chi connectivity index (χ4n) is 2.86. The zero-order chi connectivity index (χ0) is 21.3. The molecular formula is C19H13ClN4O5S. The molecule has 2 aromatic carbocycles. The predicted octanol–water partition coefficient (Wildman–Crippen LogP) is 3.60. The van der Waals surface area contributed by atoms with Gasteiger partial charge in [-0.15, -0.1) is 16.4 Å². The molecule has 1 amide bonds. The normalized spacial score (nSPS) is 11.0. The minimum absolute atomic E-state index is 0.00591. The molecule has 0 spiro atoms. The number of halogens is 1. The Balaban J connectivity index is 1.46. The lowest BCUT2D eigenvalue weighted by atomic mass is 10.2. The number of nitro benzene ring substituents is 1. The molecule has 0 aliphatic carbocycles. The van der Waals surface area contributed by atoms with Gasteiger partial charge >= 0.3 is 5.76 Å². The first-order chi connectivity index (χ1) is 14.4. The number of hydrogen-bond acceptors (Lipinski definition) is 7. The molecule has 0 radical (unpaired) electrons. The van der Waals surface area contributed by atoms with Gasteiger partial charge in [-0.05, 0) is 28.5 Å². The molecule has 30 heavy (non-hydrogen) atoms. The molecule has 1 N–H and O–H groups in total. The van der Waals surface area contributed by atoms with Crippen LogP contribution < -0.4 is 11.1 Å². The van der Waals surface area contributed by atoms with Gasteiger partial charge in [0.1, 0.15) is 6.54 Å². The van der Waals surface area contributed by atoms with E-state index in [2.05, 4.69) is 10.4 Å². The van der Waals surface area contributed by atoms with Crippen molar-refractivity contribution < 1.29 is 14.1 Å². The monoisotopic (exact) mass is 444 g/mol. The number of non-ortho nitro benzene ring substituents is 1. The van der Waals surface area contributed by atoms with E-state index in [0.717, 1.165) is 26.4 Å². The Morgan fingerprint density at radius 1 is 1.30 bits per heavy atom. The molecule has 2 heterocycles. The summed E-state index contributed by atoms with van der Waals surface area (Å²) in [4.78, 5) is 34.5. The topological polar surface area (TPSA) is 120 Å². The summed E-state index contributed by atoms with van der Waals surface area (Å²) < 4.78 is 7.05. The van der Waals surface area contributed by atoms with E-state index in [9.17, 15) is 19.7 Å². The Morgan fingerprint density at radius 3 is 2.87 bits per heavy atom. The summed E-state index contributed by atoms with van der Waals surface area (Å²) in [5, 5.41) is 20.6. The van der Waals surface area contributed by atoms with Crippen LogP contribution in [-0.2, 0) is 17.9 Å². The number of fused-ring (bicyclic) bond motifs is 1. The van der Waals surface area contributed by atoms with Crippen LogP contribution in [0.3, 0.4) is 0 Å². The van der Waals surface area contributed by atoms with E-state index in [1.54, 1.807) is 11.3 Å². The molecule has 0 unspecified atom stereocenters. The van der Waals surface area contributed by atoms with Crippen molar-refractivity contribution in [3.8, 4) is 11.5 Å². The lowest BCUT2D eigenvalue weighted by Crippen LogP contribution is -2.31. The summed E-state index contributed by atoms with van der Waals surface area (Å²) >= 11 is 7.62. The highest BCUT2D eigenvalue weighted by Gasteiger charge is 2.18. The SMILES string of the molecule is O=C(Cn1nc(-c2ccc([N+](=O)[O-])cc2Cl)oc1=O)NCc1csc2ccccc12. The second kappa shape index (κ2) is 8.09. The van der Waals surface area contributed by atoms with Crippen LogP contribution in [0.1, 0.15) is 5.56 Å². The summed E-state index contributed by atoms with van der Waals surface area (Å²) in [5.41, 5.74) is 0.990. The minimum Gasteiger partial charge on any atom is -0.388 e. The first-order valence-corrected chi connectivity index (χ1v) is 9.92. The average molecular weight is 445 g/mol. The van der Waals surface area contributed by atoms with Gasteiger partial charge in [0.15, 0.2) is 0 Å². The fourth-order valence-corrected chi connectivity index (χ4v) is 4.08. The van der Waals surface area contributed by atoms with E-state index in [0.29, 0.717) is 6.54 Å². The summed E-state index contributed by atoms with van der Waals surface area (Å²) in [5.74, 6) is -1.38. The van der Waals surface area contributed by atoms with E-state index in [-0.39, 0.29) is 28.7 Å². The summed E-state index contributed by atoms with van der Waals surface area (Å²) in [7, 11) is 0. The lowest BCUT2D eigenvalue weighted by molar-refractivity contribution is -0.384. The van der Waals surface area contributed by atoms with Gasteiger partial charge in [0.25, 0.3) is 11.6 Å². The van der Waals surface area contributed by atoms with Gasteiger partial charge in [-0.2, -0.15) is 4.68 Å². The highest BCUT2D eigenvalue weighted by Crippen LogP contribution is 2.29. The van der Waals surface area contributed by atoms with Crippen LogP contribution in [0.5, 0.6) is 0 Å². The lowest BCUT2D eigenvalue weighted by Gasteiger charge is -2.04. The van der Waals surface area contributed by atoms with Crippen LogP contribution in [0, 0.1) is 10.1 Å². The molecular weight excluding hydrogens is 432 g/mol. The van der Waals surface area contributed by atoms with E-state index in [1.165, 1.54) is 12.1 Å². The molecule has 0 saturated carbocycles. The van der Waals surface area contributed by atoms with Crippen LogP contribution in [0.2, 0.25) is 5.02 Å². The third kappa shape index (κ3) is 3.95. The summed E-state index contributed by atoms with van der Waals surface area (Å²) in [6.07, 6.45) is 0. The molecule has 152 valence electrons. The zero-order valence-electron chi connectivity index (χ0n) is 15.2. The third-order valence-corrected chi connectivity index (χ3v) is 5.66. The van der Waals surface area contributed by atoms with Gasteiger partial charge in [0.2, 0.25) is 5.91 Å². The zero-order valence-corrected chi connectivity index (χ0v) is 16.8. The molecule has 0 aliphatic heterocycles. The largest absolute Gasteiger partial charge is 0.437 e. The maximum Gasteiger partial charge on any atom is 0.437 e. The predicted molar refractivity (Wildman–Crippen MR) is 112 cm³/mol. The molecule has 0 aliphatic rings. The van der Waals surface area contributed by atoms with Crippen molar-refractivity contribution in [1.29, 1.82) is 0 Å². The van der Waals surface area contributed by atoms with Crippen molar-refractivity contribution in [3.63, 3.8) is 0 Å². The second-order valence-electron chi connectivity index (χ2n) is 6.29. The smallest absolute Gasteiger partial charge is 0.388 e. The summed E-state index contributed by atoms with van der Waals surface area (Å²) in [6.45, 7) is -0.0223. The van der Waals surface area contributed by atoms with Crippen molar-refractivity contribution in [1.82, 2.24) is 15.1 Å². The van der Waals surface area contributed by atoms with Gasteiger partial charge in [0, 0.05) is 23.4 Å². The molecule has 4 aromatic rings. The van der Waals surface area contributed by atoms with Gasteiger partial charge in [-0.25, -0.2) is 4.79 Å². The van der Waals surface area contributed by atoms with Crippen LogP contribution in [0.4, 0.5) is 5.69 Å². The molecule has 11 heteroatoms. The molecule has 0 atom stereocenters. The number of benzene rings is 2. The van der Waals surface area contributed by atoms with E-state index in [1.807, 2.05) is 29.6 Å². The minimum atomic E-state index is -0.837. The number of rotatable bonds is 6. The molecule has 4 rings (SSSR count). The first-order valence-electron chi connectivity index (χ1n) is 8.66. The van der Waals surface area contributed by atoms with Crippen molar-refractivity contribution in [2.45, 2.75) is 13.1 Å². The maximum atomic E-state index is 12.3. The van der Waals surface area contributed by atoms with Gasteiger partial charge in [-0.3, -0.25) is 14.9 Å². The van der Waals surface area contributed by atoms with Gasteiger partial charge < -0.3 is 9.73 Å². The van der Waals surface area contributed by atoms with Crippen molar-refractivity contribution in [3.05, 3.63) is 79.1 Å². The van der Waals surface area contributed by atoms with Crippen molar-refractivity contribution >= 4 is 44.6 Å². The Bertz CT molecular complexity index is 1330. The Labute approximate surface area is 177 Å². The number of nitro groups is 1. The Morgan fingerprint density at radius 2 is 2.10 bits per heavy atom. The van der Waals surface area contributed by atoms with Gasteiger partial charge in [-0.1, -0.05) is 29.8 Å².